The maximum Gasteiger partial charge on any atom is 0.0587 e. The first-order valence-electron chi connectivity index (χ1n) is 6.23. The van der Waals surface area contributed by atoms with E-state index in [1.807, 2.05) is 10.9 Å². The van der Waals surface area contributed by atoms with Gasteiger partial charge in [0.25, 0.3) is 0 Å². The van der Waals surface area contributed by atoms with Crippen LogP contribution in [0.25, 0.3) is 0 Å². The van der Waals surface area contributed by atoms with Crippen LogP contribution in [0.3, 0.4) is 0 Å². The lowest BCUT2D eigenvalue weighted by molar-refractivity contribution is 0.210. The SMILES string of the molecule is CC(C)[C@@H](CO)NCc1cnn(C(C)(C)C)c1. The Labute approximate surface area is 104 Å². The summed E-state index contributed by atoms with van der Waals surface area (Å²) in [7, 11) is 0. The van der Waals surface area contributed by atoms with Gasteiger partial charge in [-0.05, 0) is 26.7 Å². The van der Waals surface area contributed by atoms with Crippen LogP contribution in [0.15, 0.2) is 12.4 Å². The van der Waals surface area contributed by atoms with Crippen molar-refractivity contribution in [2.24, 2.45) is 5.92 Å². The Bertz CT molecular complexity index is 339. The van der Waals surface area contributed by atoms with Gasteiger partial charge in [-0.25, -0.2) is 0 Å². The molecule has 1 aromatic rings. The number of hydrogen-bond donors (Lipinski definition) is 2. The standard InChI is InChI=1S/C13H25N3O/c1-10(2)12(9-17)14-6-11-7-15-16(8-11)13(3,4)5/h7-8,10,12,14,17H,6,9H2,1-5H3/t12-/m1/s1. The second-order valence-electron chi connectivity index (χ2n) is 5.88. The van der Waals surface area contributed by atoms with E-state index in [-0.39, 0.29) is 18.2 Å². The molecular weight excluding hydrogens is 214 g/mol. The van der Waals surface area contributed by atoms with E-state index >= 15 is 0 Å². The van der Waals surface area contributed by atoms with E-state index in [0.717, 1.165) is 12.1 Å². The van der Waals surface area contributed by atoms with Crippen LogP contribution in [-0.4, -0.2) is 27.5 Å². The van der Waals surface area contributed by atoms with Crippen LogP contribution in [0.2, 0.25) is 0 Å². The molecule has 17 heavy (non-hydrogen) atoms. The molecule has 2 N–H and O–H groups in total. The molecule has 1 heterocycles. The largest absolute Gasteiger partial charge is 0.395 e. The molecule has 0 amide bonds. The van der Waals surface area contributed by atoms with Gasteiger partial charge in [0.15, 0.2) is 0 Å². The minimum atomic E-state index is 0.0205. The molecule has 1 rings (SSSR count). The molecule has 0 aliphatic rings. The van der Waals surface area contributed by atoms with Gasteiger partial charge >= 0.3 is 0 Å². The van der Waals surface area contributed by atoms with Crippen molar-refractivity contribution in [1.29, 1.82) is 0 Å². The monoisotopic (exact) mass is 239 g/mol. The van der Waals surface area contributed by atoms with E-state index in [0.29, 0.717) is 5.92 Å². The summed E-state index contributed by atoms with van der Waals surface area (Å²) in [6, 6.07) is 0.146. The van der Waals surface area contributed by atoms with Crippen LogP contribution in [0, 0.1) is 5.92 Å². The van der Waals surface area contributed by atoms with Gasteiger partial charge < -0.3 is 10.4 Å². The quantitative estimate of drug-likeness (QED) is 0.823. The molecule has 4 nitrogen and oxygen atoms in total. The van der Waals surface area contributed by atoms with E-state index in [1.165, 1.54) is 0 Å². The first-order chi connectivity index (χ1) is 7.84. The number of nitrogens with zero attached hydrogens (tertiary/aromatic N) is 2. The van der Waals surface area contributed by atoms with Gasteiger partial charge in [0.05, 0.1) is 18.3 Å². The van der Waals surface area contributed by atoms with Crippen molar-refractivity contribution in [3.05, 3.63) is 18.0 Å². The summed E-state index contributed by atoms with van der Waals surface area (Å²) in [5.41, 5.74) is 1.17. The summed E-state index contributed by atoms with van der Waals surface area (Å²) in [5.74, 6) is 0.428. The molecule has 0 aromatic carbocycles. The highest BCUT2D eigenvalue weighted by atomic mass is 16.3. The lowest BCUT2D eigenvalue weighted by atomic mass is 10.1. The minimum absolute atomic E-state index is 0.0205. The fraction of sp³-hybridized carbons (Fsp3) is 0.769. The number of hydrogen-bond acceptors (Lipinski definition) is 3. The molecular formula is C13H25N3O. The molecule has 0 spiro atoms. The van der Waals surface area contributed by atoms with Gasteiger partial charge in [-0.1, -0.05) is 13.8 Å². The van der Waals surface area contributed by atoms with Crippen LogP contribution in [0.1, 0.15) is 40.2 Å². The molecule has 0 fully saturated rings. The zero-order chi connectivity index (χ0) is 13.1. The van der Waals surface area contributed by atoms with Crippen molar-refractivity contribution >= 4 is 0 Å². The molecule has 0 radical (unpaired) electrons. The predicted molar refractivity (Wildman–Crippen MR) is 69.8 cm³/mol. The highest BCUT2D eigenvalue weighted by Gasteiger charge is 2.15. The first-order valence-corrected chi connectivity index (χ1v) is 6.23. The third-order valence-electron chi connectivity index (χ3n) is 2.89. The lowest BCUT2D eigenvalue weighted by Crippen LogP contribution is -2.36. The number of rotatable bonds is 5. The molecule has 4 heteroatoms. The molecule has 98 valence electrons. The van der Waals surface area contributed by atoms with Crippen LogP contribution in [-0.2, 0) is 12.1 Å². The average Bonchev–Trinajstić information content (AvgIpc) is 2.66. The highest BCUT2D eigenvalue weighted by Crippen LogP contribution is 2.13. The number of aliphatic hydroxyl groups excluding tert-OH is 1. The summed E-state index contributed by atoms with van der Waals surface area (Å²) in [6.07, 6.45) is 3.94. The van der Waals surface area contributed by atoms with Crippen LogP contribution >= 0.6 is 0 Å². The molecule has 0 aliphatic heterocycles. The molecule has 0 saturated heterocycles. The topological polar surface area (TPSA) is 50.1 Å². The zero-order valence-corrected chi connectivity index (χ0v) is 11.6. The van der Waals surface area contributed by atoms with E-state index in [2.05, 4.69) is 51.2 Å². The van der Waals surface area contributed by atoms with Crippen LogP contribution in [0.5, 0.6) is 0 Å². The minimum Gasteiger partial charge on any atom is -0.395 e. The zero-order valence-electron chi connectivity index (χ0n) is 11.6. The Morgan fingerprint density at radius 3 is 2.47 bits per heavy atom. The summed E-state index contributed by atoms with van der Waals surface area (Å²) in [4.78, 5) is 0. The third kappa shape index (κ3) is 4.13. The summed E-state index contributed by atoms with van der Waals surface area (Å²) in [5, 5.41) is 16.9. The van der Waals surface area contributed by atoms with Crippen molar-refractivity contribution in [3.63, 3.8) is 0 Å². The molecule has 1 aromatic heterocycles. The van der Waals surface area contributed by atoms with Gasteiger partial charge in [-0.2, -0.15) is 5.10 Å². The number of aliphatic hydroxyl groups is 1. The third-order valence-corrected chi connectivity index (χ3v) is 2.89. The van der Waals surface area contributed by atoms with Crippen molar-refractivity contribution in [2.45, 2.75) is 52.7 Å². The van der Waals surface area contributed by atoms with Crippen LogP contribution in [0.4, 0.5) is 0 Å². The fourth-order valence-electron chi connectivity index (χ4n) is 1.58. The number of nitrogens with one attached hydrogen (secondary N) is 1. The lowest BCUT2D eigenvalue weighted by Gasteiger charge is -2.20. The van der Waals surface area contributed by atoms with Gasteiger partial charge in [0, 0.05) is 24.3 Å². The van der Waals surface area contributed by atoms with Gasteiger partial charge in [-0.3, -0.25) is 4.68 Å². The molecule has 0 aliphatic carbocycles. The smallest absolute Gasteiger partial charge is 0.0587 e. The van der Waals surface area contributed by atoms with Crippen molar-refractivity contribution in [1.82, 2.24) is 15.1 Å². The second-order valence-corrected chi connectivity index (χ2v) is 5.88. The first kappa shape index (κ1) is 14.2. The maximum absolute atomic E-state index is 9.23. The van der Waals surface area contributed by atoms with Gasteiger partial charge in [0.2, 0.25) is 0 Å². The van der Waals surface area contributed by atoms with Gasteiger partial charge in [-0.15, -0.1) is 0 Å². The van der Waals surface area contributed by atoms with Crippen molar-refractivity contribution < 1.29 is 5.11 Å². The average molecular weight is 239 g/mol. The summed E-state index contributed by atoms with van der Waals surface area (Å²) < 4.78 is 1.97. The Morgan fingerprint density at radius 2 is 2.06 bits per heavy atom. The molecule has 1 atom stereocenters. The van der Waals surface area contributed by atoms with Crippen molar-refractivity contribution in [2.75, 3.05) is 6.61 Å². The molecule has 0 saturated carbocycles. The Balaban J connectivity index is 2.56. The van der Waals surface area contributed by atoms with E-state index in [1.54, 1.807) is 0 Å². The Morgan fingerprint density at radius 1 is 1.41 bits per heavy atom. The fourth-order valence-corrected chi connectivity index (χ4v) is 1.58. The molecule has 0 bridgehead atoms. The maximum atomic E-state index is 9.23. The van der Waals surface area contributed by atoms with Crippen LogP contribution < -0.4 is 5.32 Å². The molecule has 0 unspecified atom stereocenters. The number of aromatic nitrogens is 2. The van der Waals surface area contributed by atoms with Gasteiger partial charge in [0.1, 0.15) is 0 Å². The highest BCUT2D eigenvalue weighted by molar-refractivity contribution is 5.05. The Kier molecular flexibility index (Phi) is 4.71. The summed E-state index contributed by atoms with van der Waals surface area (Å²) in [6.45, 7) is 11.5. The van der Waals surface area contributed by atoms with E-state index in [4.69, 9.17) is 0 Å². The normalized spacial score (nSPS) is 14.3. The summed E-state index contributed by atoms with van der Waals surface area (Å²) >= 11 is 0. The Hall–Kier alpha value is -0.870. The van der Waals surface area contributed by atoms with E-state index in [9.17, 15) is 5.11 Å². The predicted octanol–water partition coefficient (Wildman–Crippen LogP) is 1.74. The van der Waals surface area contributed by atoms with Crippen molar-refractivity contribution in [3.8, 4) is 0 Å². The second kappa shape index (κ2) is 5.65. The van der Waals surface area contributed by atoms with E-state index < -0.39 is 0 Å².